The molecule has 1 amide bonds. The Balaban J connectivity index is 1.41. The standard InChI is InChI=1S/C21H22ClNO5/c1-21(2)10-15-4-3-5-17(20(15)28-21)26-13-19(25)27-12-18(24)23-11-14-6-8-16(22)9-7-14/h3-9H,10-13H2,1-2H3,(H,23,24). The van der Waals surface area contributed by atoms with E-state index in [1.54, 1.807) is 18.2 Å². The first-order valence-electron chi connectivity index (χ1n) is 8.93. The molecule has 1 aliphatic rings. The maximum Gasteiger partial charge on any atom is 0.344 e. The van der Waals surface area contributed by atoms with Crippen LogP contribution in [0.5, 0.6) is 11.5 Å². The van der Waals surface area contributed by atoms with Crippen molar-refractivity contribution in [3.8, 4) is 11.5 Å². The highest BCUT2D eigenvalue weighted by molar-refractivity contribution is 6.30. The van der Waals surface area contributed by atoms with E-state index in [1.807, 2.05) is 38.1 Å². The van der Waals surface area contributed by atoms with Crippen LogP contribution >= 0.6 is 11.6 Å². The first-order valence-corrected chi connectivity index (χ1v) is 9.31. The van der Waals surface area contributed by atoms with Gasteiger partial charge in [0.25, 0.3) is 5.91 Å². The molecule has 0 saturated carbocycles. The first-order chi connectivity index (χ1) is 13.3. The Bertz CT molecular complexity index is 864. The monoisotopic (exact) mass is 403 g/mol. The fraction of sp³-hybridized carbons (Fsp3) is 0.333. The molecule has 28 heavy (non-hydrogen) atoms. The van der Waals surface area contributed by atoms with Gasteiger partial charge in [-0.2, -0.15) is 0 Å². The first kappa shape index (κ1) is 20.0. The molecule has 0 saturated heterocycles. The van der Waals surface area contributed by atoms with Crippen LogP contribution in [0.2, 0.25) is 5.02 Å². The zero-order chi connectivity index (χ0) is 20.1. The lowest BCUT2D eigenvalue weighted by Gasteiger charge is -2.18. The van der Waals surface area contributed by atoms with Crippen LogP contribution in [-0.4, -0.2) is 30.7 Å². The Hall–Kier alpha value is -2.73. The van der Waals surface area contributed by atoms with E-state index in [4.69, 9.17) is 25.8 Å². The molecule has 148 valence electrons. The average molecular weight is 404 g/mol. The van der Waals surface area contributed by atoms with E-state index in [0.717, 1.165) is 17.5 Å². The van der Waals surface area contributed by atoms with Gasteiger partial charge in [-0.15, -0.1) is 0 Å². The molecule has 0 bridgehead atoms. The minimum absolute atomic E-state index is 0.301. The maximum absolute atomic E-state index is 11.9. The SMILES string of the molecule is CC1(C)Cc2cccc(OCC(=O)OCC(=O)NCc3ccc(Cl)cc3)c2O1. The molecular formula is C21H22ClNO5. The lowest BCUT2D eigenvalue weighted by Crippen LogP contribution is -2.29. The summed E-state index contributed by atoms with van der Waals surface area (Å²) >= 11 is 5.81. The van der Waals surface area contributed by atoms with Crippen molar-refractivity contribution in [2.24, 2.45) is 0 Å². The molecular weight excluding hydrogens is 382 g/mol. The van der Waals surface area contributed by atoms with Gasteiger partial charge in [0.05, 0.1) is 0 Å². The quantitative estimate of drug-likeness (QED) is 0.718. The van der Waals surface area contributed by atoms with Crippen molar-refractivity contribution in [2.75, 3.05) is 13.2 Å². The van der Waals surface area contributed by atoms with Crippen molar-refractivity contribution >= 4 is 23.5 Å². The number of hydrogen-bond donors (Lipinski definition) is 1. The van der Waals surface area contributed by atoms with Gasteiger partial charge in [0.2, 0.25) is 0 Å². The van der Waals surface area contributed by atoms with Crippen LogP contribution in [0.4, 0.5) is 0 Å². The number of ether oxygens (including phenoxy) is 3. The van der Waals surface area contributed by atoms with Crippen molar-refractivity contribution in [3.05, 3.63) is 58.6 Å². The molecule has 6 nitrogen and oxygen atoms in total. The summed E-state index contributed by atoms with van der Waals surface area (Å²) < 4.78 is 16.4. The Morgan fingerprint density at radius 1 is 1.14 bits per heavy atom. The number of para-hydroxylation sites is 1. The van der Waals surface area contributed by atoms with Gasteiger partial charge in [-0.05, 0) is 37.6 Å². The largest absolute Gasteiger partial charge is 0.483 e. The molecule has 1 aliphatic heterocycles. The Morgan fingerprint density at radius 2 is 1.89 bits per heavy atom. The molecule has 0 spiro atoms. The highest BCUT2D eigenvalue weighted by atomic mass is 35.5. The number of hydrogen-bond acceptors (Lipinski definition) is 5. The van der Waals surface area contributed by atoms with Crippen molar-refractivity contribution in [1.29, 1.82) is 0 Å². The summed E-state index contributed by atoms with van der Waals surface area (Å²) in [6.45, 7) is 3.64. The molecule has 0 aliphatic carbocycles. The summed E-state index contributed by atoms with van der Waals surface area (Å²) in [6.07, 6.45) is 0.776. The van der Waals surface area contributed by atoms with Gasteiger partial charge in [0, 0.05) is 23.6 Å². The van der Waals surface area contributed by atoms with Crippen LogP contribution in [0, 0.1) is 0 Å². The van der Waals surface area contributed by atoms with Gasteiger partial charge in [-0.1, -0.05) is 35.9 Å². The number of esters is 1. The van der Waals surface area contributed by atoms with E-state index < -0.39 is 11.9 Å². The Kier molecular flexibility index (Phi) is 6.09. The minimum atomic E-state index is -0.628. The van der Waals surface area contributed by atoms with E-state index in [9.17, 15) is 9.59 Å². The number of benzene rings is 2. The molecule has 1 heterocycles. The molecule has 0 unspecified atom stereocenters. The topological polar surface area (TPSA) is 73.9 Å². The number of amides is 1. The van der Waals surface area contributed by atoms with Gasteiger partial charge in [0.1, 0.15) is 5.60 Å². The molecule has 2 aromatic carbocycles. The van der Waals surface area contributed by atoms with Crippen LogP contribution in [0.3, 0.4) is 0 Å². The molecule has 2 aromatic rings. The average Bonchev–Trinajstić information content (AvgIpc) is 2.98. The van der Waals surface area contributed by atoms with Crippen molar-refractivity contribution in [3.63, 3.8) is 0 Å². The van der Waals surface area contributed by atoms with Crippen molar-refractivity contribution in [2.45, 2.75) is 32.4 Å². The lowest BCUT2D eigenvalue weighted by atomic mass is 10.0. The zero-order valence-electron chi connectivity index (χ0n) is 15.8. The Morgan fingerprint density at radius 3 is 2.64 bits per heavy atom. The predicted molar refractivity (Wildman–Crippen MR) is 105 cm³/mol. The summed E-state index contributed by atoms with van der Waals surface area (Å²) in [5.41, 5.74) is 1.63. The molecule has 0 atom stereocenters. The third kappa shape index (κ3) is 5.39. The third-order valence-corrected chi connectivity index (χ3v) is 4.42. The second kappa shape index (κ2) is 8.52. The van der Waals surface area contributed by atoms with E-state index in [1.165, 1.54) is 0 Å². The number of carbonyl (C=O) groups is 2. The van der Waals surface area contributed by atoms with Gasteiger partial charge in [0.15, 0.2) is 24.7 Å². The minimum Gasteiger partial charge on any atom is -0.483 e. The van der Waals surface area contributed by atoms with Crippen LogP contribution < -0.4 is 14.8 Å². The molecule has 3 rings (SSSR count). The van der Waals surface area contributed by atoms with E-state index in [-0.39, 0.29) is 18.8 Å². The fourth-order valence-electron chi connectivity index (χ4n) is 2.88. The Labute approximate surface area is 168 Å². The number of fused-ring (bicyclic) bond motifs is 1. The fourth-order valence-corrected chi connectivity index (χ4v) is 3.01. The molecule has 1 N–H and O–H groups in total. The van der Waals surface area contributed by atoms with Crippen LogP contribution in [0.15, 0.2) is 42.5 Å². The second-order valence-corrected chi connectivity index (χ2v) is 7.57. The molecule has 0 radical (unpaired) electrons. The third-order valence-electron chi connectivity index (χ3n) is 4.17. The maximum atomic E-state index is 11.9. The highest BCUT2D eigenvalue weighted by Gasteiger charge is 2.32. The summed E-state index contributed by atoms with van der Waals surface area (Å²) in [4.78, 5) is 23.7. The summed E-state index contributed by atoms with van der Waals surface area (Å²) in [7, 11) is 0. The molecule has 0 fully saturated rings. The van der Waals surface area contributed by atoms with Crippen molar-refractivity contribution in [1.82, 2.24) is 5.32 Å². The second-order valence-electron chi connectivity index (χ2n) is 7.14. The summed E-state index contributed by atoms with van der Waals surface area (Å²) in [5, 5.41) is 3.30. The number of halogens is 1. The number of carbonyl (C=O) groups excluding carboxylic acids is 2. The van der Waals surface area contributed by atoms with E-state index in [2.05, 4.69) is 5.32 Å². The molecule has 7 heteroatoms. The van der Waals surface area contributed by atoms with Crippen molar-refractivity contribution < 1.29 is 23.8 Å². The van der Waals surface area contributed by atoms with E-state index >= 15 is 0 Å². The number of rotatable bonds is 7. The normalized spacial score (nSPS) is 14.0. The van der Waals surface area contributed by atoms with Gasteiger partial charge in [-0.25, -0.2) is 4.79 Å². The van der Waals surface area contributed by atoms with Crippen LogP contribution in [0.1, 0.15) is 25.0 Å². The van der Waals surface area contributed by atoms with Gasteiger partial charge < -0.3 is 19.5 Å². The van der Waals surface area contributed by atoms with Crippen LogP contribution in [0.25, 0.3) is 0 Å². The summed E-state index contributed by atoms with van der Waals surface area (Å²) in [6, 6.07) is 12.7. The molecule has 0 aromatic heterocycles. The predicted octanol–water partition coefficient (Wildman–Crippen LogP) is 3.29. The van der Waals surface area contributed by atoms with Gasteiger partial charge >= 0.3 is 5.97 Å². The summed E-state index contributed by atoms with van der Waals surface area (Å²) in [5.74, 6) is 0.124. The lowest BCUT2D eigenvalue weighted by molar-refractivity contribution is -0.150. The van der Waals surface area contributed by atoms with Gasteiger partial charge in [-0.3, -0.25) is 4.79 Å². The highest BCUT2D eigenvalue weighted by Crippen LogP contribution is 2.41. The van der Waals surface area contributed by atoms with Crippen LogP contribution in [-0.2, 0) is 27.3 Å². The van der Waals surface area contributed by atoms with E-state index in [0.29, 0.717) is 23.1 Å². The zero-order valence-corrected chi connectivity index (χ0v) is 16.5. The number of nitrogens with one attached hydrogen (secondary N) is 1. The smallest absolute Gasteiger partial charge is 0.344 e.